The van der Waals surface area contributed by atoms with Crippen LogP contribution in [0.5, 0.6) is 0 Å². The third-order valence-electron chi connectivity index (χ3n) is 3.06. The molecular weight excluding hydrogens is 319 g/mol. The van der Waals surface area contributed by atoms with Gasteiger partial charge < -0.3 is 0 Å². The fraction of sp³-hybridized carbons (Fsp3) is 0.0667. The van der Waals surface area contributed by atoms with Crippen molar-refractivity contribution in [1.29, 1.82) is 0 Å². The molecule has 3 aromatic rings. The molecule has 0 saturated heterocycles. The predicted molar refractivity (Wildman–Crippen MR) is 84.0 cm³/mol. The highest BCUT2D eigenvalue weighted by atomic mass is 32.2. The van der Waals surface area contributed by atoms with E-state index in [9.17, 15) is 12.8 Å². The van der Waals surface area contributed by atoms with E-state index >= 15 is 0 Å². The maximum absolute atomic E-state index is 13.2. The molecule has 0 fully saturated rings. The highest BCUT2D eigenvalue weighted by molar-refractivity contribution is 7.91. The fourth-order valence-corrected chi connectivity index (χ4v) is 3.31. The minimum Gasteiger partial charge on any atom is -0.280 e. The highest BCUT2D eigenvalue weighted by Crippen LogP contribution is 2.20. The number of benzene rings is 1. The first-order valence-corrected chi connectivity index (χ1v) is 8.38. The van der Waals surface area contributed by atoms with E-state index in [4.69, 9.17) is 0 Å². The lowest BCUT2D eigenvalue weighted by molar-refractivity contribution is 0.599. The standard InChI is InChI=1S/C15H13FN4O2S/c16-13-4-1-3-12(9-13)11-23(21,22)19-14-10-17-7-5-15(14)20-8-2-6-18-20/h1-10,19H,11H2. The number of hydrogen-bond acceptors (Lipinski definition) is 4. The normalized spacial score (nSPS) is 11.3. The summed E-state index contributed by atoms with van der Waals surface area (Å²) in [4.78, 5) is 3.93. The molecule has 0 saturated carbocycles. The second-order valence-corrected chi connectivity index (χ2v) is 6.56. The van der Waals surface area contributed by atoms with Crippen molar-refractivity contribution >= 4 is 15.7 Å². The van der Waals surface area contributed by atoms with E-state index in [1.54, 1.807) is 36.8 Å². The molecule has 0 radical (unpaired) electrons. The molecule has 0 amide bonds. The first-order chi connectivity index (χ1) is 11.0. The molecule has 0 spiro atoms. The van der Waals surface area contributed by atoms with Crippen LogP contribution in [0, 0.1) is 5.82 Å². The zero-order valence-electron chi connectivity index (χ0n) is 11.9. The van der Waals surface area contributed by atoms with E-state index in [-0.39, 0.29) is 5.75 Å². The summed E-state index contributed by atoms with van der Waals surface area (Å²) in [6.45, 7) is 0. The lowest BCUT2D eigenvalue weighted by Gasteiger charge is -2.12. The average molecular weight is 332 g/mol. The largest absolute Gasteiger partial charge is 0.280 e. The van der Waals surface area contributed by atoms with Crippen molar-refractivity contribution in [2.75, 3.05) is 4.72 Å². The predicted octanol–water partition coefficient (Wildman–Crippen LogP) is 2.35. The van der Waals surface area contributed by atoms with Crippen molar-refractivity contribution in [3.05, 3.63) is 72.6 Å². The Hall–Kier alpha value is -2.74. The van der Waals surface area contributed by atoms with Crippen LogP contribution in [0.1, 0.15) is 5.56 Å². The van der Waals surface area contributed by atoms with E-state index in [2.05, 4.69) is 14.8 Å². The molecule has 0 aliphatic carbocycles. The zero-order valence-corrected chi connectivity index (χ0v) is 12.7. The Morgan fingerprint density at radius 2 is 2.04 bits per heavy atom. The number of anilines is 1. The topological polar surface area (TPSA) is 76.9 Å². The van der Waals surface area contributed by atoms with Crippen molar-refractivity contribution in [2.24, 2.45) is 0 Å². The minimum absolute atomic E-state index is 0.299. The van der Waals surface area contributed by atoms with Gasteiger partial charge in [0.25, 0.3) is 0 Å². The molecule has 2 heterocycles. The van der Waals surface area contributed by atoms with Crippen LogP contribution in [0.25, 0.3) is 5.69 Å². The molecule has 0 bridgehead atoms. The summed E-state index contributed by atoms with van der Waals surface area (Å²) in [5, 5.41) is 4.08. The molecule has 118 valence electrons. The van der Waals surface area contributed by atoms with Crippen LogP contribution in [0.3, 0.4) is 0 Å². The molecule has 3 rings (SSSR count). The van der Waals surface area contributed by atoms with Gasteiger partial charge in [0.1, 0.15) is 5.82 Å². The number of sulfonamides is 1. The van der Waals surface area contributed by atoms with Crippen LogP contribution in [0.4, 0.5) is 10.1 Å². The second-order valence-electron chi connectivity index (χ2n) is 4.83. The van der Waals surface area contributed by atoms with Gasteiger partial charge in [-0.15, -0.1) is 0 Å². The molecule has 0 unspecified atom stereocenters. The molecular formula is C15H13FN4O2S. The van der Waals surface area contributed by atoms with Gasteiger partial charge in [-0.1, -0.05) is 12.1 Å². The summed E-state index contributed by atoms with van der Waals surface area (Å²) in [5.74, 6) is -0.811. The summed E-state index contributed by atoms with van der Waals surface area (Å²) in [6.07, 6.45) is 6.23. The summed E-state index contributed by atoms with van der Waals surface area (Å²) >= 11 is 0. The van der Waals surface area contributed by atoms with Crippen molar-refractivity contribution in [3.63, 3.8) is 0 Å². The number of nitrogens with one attached hydrogen (secondary N) is 1. The summed E-state index contributed by atoms with van der Waals surface area (Å²) < 4.78 is 41.8. The third kappa shape index (κ3) is 3.72. The van der Waals surface area contributed by atoms with Gasteiger partial charge >= 0.3 is 0 Å². The highest BCUT2D eigenvalue weighted by Gasteiger charge is 2.15. The number of nitrogens with zero attached hydrogens (tertiary/aromatic N) is 3. The van der Waals surface area contributed by atoms with Crippen LogP contribution in [0.15, 0.2) is 61.2 Å². The zero-order chi connectivity index (χ0) is 16.3. The van der Waals surface area contributed by atoms with Crippen LogP contribution in [0.2, 0.25) is 0 Å². The lowest BCUT2D eigenvalue weighted by atomic mass is 10.2. The second kappa shape index (κ2) is 6.17. The van der Waals surface area contributed by atoms with E-state index in [0.29, 0.717) is 16.9 Å². The molecule has 2 aromatic heterocycles. The first kappa shape index (κ1) is 15.2. The molecule has 23 heavy (non-hydrogen) atoms. The van der Waals surface area contributed by atoms with Gasteiger partial charge in [-0.05, 0) is 29.8 Å². The van der Waals surface area contributed by atoms with Gasteiger partial charge in [-0.3, -0.25) is 9.71 Å². The maximum atomic E-state index is 13.2. The SMILES string of the molecule is O=S(=O)(Cc1cccc(F)c1)Nc1cnccc1-n1cccn1. The Morgan fingerprint density at radius 1 is 1.17 bits per heavy atom. The van der Waals surface area contributed by atoms with E-state index < -0.39 is 15.8 Å². The van der Waals surface area contributed by atoms with E-state index in [0.717, 1.165) is 0 Å². The lowest BCUT2D eigenvalue weighted by Crippen LogP contribution is -2.17. The van der Waals surface area contributed by atoms with Crippen molar-refractivity contribution in [2.45, 2.75) is 5.75 Å². The van der Waals surface area contributed by atoms with Gasteiger partial charge in [0.15, 0.2) is 0 Å². The Balaban J connectivity index is 1.87. The minimum atomic E-state index is -3.72. The molecule has 6 nitrogen and oxygen atoms in total. The smallest absolute Gasteiger partial charge is 0.237 e. The molecule has 0 atom stereocenters. The molecule has 1 N–H and O–H groups in total. The van der Waals surface area contributed by atoms with Crippen LogP contribution in [-0.4, -0.2) is 23.2 Å². The quantitative estimate of drug-likeness (QED) is 0.778. The first-order valence-electron chi connectivity index (χ1n) is 6.72. The van der Waals surface area contributed by atoms with E-state index in [1.807, 2.05) is 0 Å². The van der Waals surface area contributed by atoms with Gasteiger partial charge in [-0.2, -0.15) is 5.10 Å². The number of aromatic nitrogens is 3. The molecule has 1 aromatic carbocycles. The number of pyridine rings is 1. The van der Waals surface area contributed by atoms with Gasteiger partial charge in [0, 0.05) is 18.6 Å². The number of rotatable bonds is 5. The summed E-state index contributed by atoms with van der Waals surface area (Å²) in [7, 11) is -3.72. The Labute approximate surface area is 132 Å². The van der Waals surface area contributed by atoms with E-state index in [1.165, 1.54) is 29.1 Å². The van der Waals surface area contributed by atoms with Gasteiger partial charge in [-0.25, -0.2) is 17.5 Å². The van der Waals surface area contributed by atoms with Crippen molar-refractivity contribution in [3.8, 4) is 5.69 Å². The van der Waals surface area contributed by atoms with Crippen molar-refractivity contribution in [1.82, 2.24) is 14.8 Å². The Morgan fingerprint density at radius 3 is 2.78 bits per heavy atom. The van der Waals surface area contributed by atoms with Crippen LogP contribution >= 0.6 is 0 Å². The summed E-state index contributed by atoms with van der Waals surface area (Å²) in [5.41, 5.74) is 1.21. The third-order valence-corrected chi connectivity index (χ3v) is 4.30. The number of halogens is 1. The van der Waals surface area contributed by atoms with Gasteiger partial charge in [0.2, 0.25) is 10.0 Å². The van der Waals surface area contributed by atoms with Crippen LogP contribution in [-0.2, 0) is 15.8 Å². The molecule has 0 aliphatic heterocycles. The Bertz CT molecular complexity index is 911. The van der Waals surface area contributed by atoms with Crippen molar-refractivity contribution < 1.29 is 12.8 Å². The average Bonchev–Trinajstić information content (AvgIpc) is 3.01. The molecule has 8 heteroatoms. The summed E-state index contributed by atoms with van der Waals surface area (Å²) in [6, 6.07) is 8.86. The van der Waals surface area contributed by atoms with Gasteiger partial charge in [0.05, 0.1) is 23.3 Å². The maximum Gasteiger partial charge on any atom is 0.237 e. The Kier molecular flexibility index (Phi) is 4.07. The fourth-order valence-electron chi connectivity index (χ4n) is 2.13. The monoisotopic (exact) mass is 332 g/mol. The van der Waals surface area contributed by atoms with Crippen LogP contribution < -0.4 is 4.72 Å². The molecule has 0 aliphatic rings. The number of hydrogen-bond donors (Lipinski definition) is 1.